The standard InChI is InChI=1S/C17H20N2O5S/c1-23-15-7-8-16(24-2)13(10-15)11-18-17(20)12-5-4-6-14(9-12)19-25(3,21)22/h4-10,19H,11H2,1-3H3,(H,18,20). The van der Waals surface area contributed by atoms with Gasteiger partial charge < -0.3 is 14.8 Å². The molecule has 134 valence electrons. The zero-order valence-corrected chi connectivity index (χ0v) is 15.0. The van der Waals surface area contributed by atoms with Crippen molar-refractivity contribution in [3.63, 3.8) is 0 Å². The summed E-state index contributed by atoms with van der Waals surface area (Å²) in [6, 6.07) is 11.6. The van der Waals surface area contributed by atoms with Crippen molar-refractivity contribution in [2.75, 3.05) is 25.2 Å². The predicted molar refractivity (Wildman–Crippen MR) is 95.6 cm³/mol. The molecule has 2 aromatic carbocycles. The molecule has 0 heterocycles. The van der Waals surface area contributed by atoms with Gasteiger partial charge in [0.05, 0.1) is 20.5 Å². The molecule has 0 saturated carbocycles. The molecule has 0 aliphatic rings. The summed E-state index contributed by atoms with van der Waals surface area (Å²) in [5, 5.41) is 2.78. The summed E-state index contributed by atoms with van der Waals surface area (Å²) in [4.78, 5) is 12.3. The van der Waals surface area contributed by atoms with E-state index >= 15 is 0 Å². The van der Waals surface area contributed by atoms with E-state index in [9.17, 15) is 13.2 Å². The number of hydrogen-bond acceptors (Lipinski definition) is 5. The maximum atomic E-state index is 12.3. The average Bonchev–Trinajstić information content (AvgIpc) is 2.58. The Labute approximate surface area is 147 Å². The van der Waals surface area contributed by atoms with Gasteiger partial charge >= 0.3 is 0 Å². The Bertz CT molecular complexity index is 865. The van der Waals surface area contributed by atoms with Gasteiger partial charge in [-0.25, -0.2) is 8.42 Å². The van der Waals surface area contributed by atoms with Gasteiger partial charge in [0.25, 0.3) is 5.91 Å². The van der Waals surface area contributed by atoms with Gasteiger partial charge in [-0.1, -0.05) is 6.07 Å². The second-order valence-electron chi connectivity index (χ2n) is 5.32. The van der Waals surface area contributed by atoms with Gasteiger partial charge in [-0.05, 0) is 36.4 Å². The number of methoxy groups -OCH3 is 2. The van der Waals surface area contributed by atoms with Gasteiger partial charge in [0.2, 0.25) is 10.0 Å². The van der Waals surface area contributed by atoms with Gasteiger partial charge in [0.1, 0.15) is 11.5 Å². The molecule has 2 N–H and O–H groups in total. The number of sulfonamides is 1. The lowest BCUT2D eigenvalue weighted by atomic mass is 10.1. The second kappa shape index (κ2) is 7.89. The van der Waals surface area contributed by atoms with Crippen molar-refractivity contribution in [3.05, 3.63) is 53.6 Å². The molecule has 0 bridgehead atoms. The Balaban J connectivity index is 2.12. The minimum atomic E-state index is -3.40. The molecule has 0 aromatic heterocycles. The molecule has 0 spiro atoms. The van der Waals surface area contributed by atoms with Crippen molar-refractivity contribution in [2.24, 2.45) is 0 Å². The van der Waals surface area contributed by atoms with Gasteiger partial charge in [-0.3, -0.25) is 9.52 Å². The van der Waals surface area contributed by atoms with Crippen LogP contribution >= 0.6 is 0 Å². The molecule has 0 radical (unpaired) electrons. The van der Waals surface area contributed by atoms with Crippen molar-refractivity contribution in [1.29, 1.82) is 0 Å². The Morgan fingerprint density at radius 3 is 2.48 bits per heavy atom. The smallest absolute Gasteiger partial charge is 0.251 e. The fourth-order valence-electron chi connectivity index (χ4n) is 2.24. The topological polar surface area (TPSA) is 93.7 Å². The first kappa shape index (κ1) is 18.6. The summed E-state index contributed by atoms with van der Waals surface area (Å²) in [6.45, 7) is 0.239. The predicted octanol–water partition coefficient (Wildman–Crippen LogP) is 2.01. The number of benzene rings is 2. The number of anilines is 1. The molecule has 1 amide bonds. The van der Waals surface area contributed by atoms with E-state index in [1.807, 2.05) is 0 Å². The highest BCUT2D eigenvalue weighted by atomic mass is 32.2. The number of ether oxygens (including phenoxy) is 2. The number of amides is 1. The molecule has 8 heteroatoms. The van der Waals surface area contributed by atoms with Crippen LogP contribution in [0, 0.1) is 0 Å². The third-order valence-electron chi connectivity index (χ3n) is 3.35. The van der Waals surface area contributed by atoms with Crippen LogP contribution in [0.3, 0.4) is 0 Å². The van der Waals surface area contributed by atoms with Crippen LogP contribution in [0.1, 0.15) is 15.9 Å². The molecule has 0 fully saturated rings. The minimum Gasteiger partial charge on any atom is -0.497 e. The van der Waals surface area contributed by atoms with E-state index in [0.717, 1.165) is 11.8 Å². The molecule has 25 heavy (non-hydrogen) atoms. The van der Waals surface area contributed by atoms with Gasteiger partial charge in [-0.2, -0.15) is 0 Å². The van der Waals surface area contributed by atoms with Crippen molar-refractivity contribution < 1.29 is 22.7 Å². The molecule has 0 unspecified atom stereocenters. The molecule has 7 nitrogen and oxygen atoms in total. The summed E-state index contributed by atoms with van der Waals surface area (Å²) in [6.07, 6.45) is 1.05. The highest BCUT2D eigenvalue weighted by Crippen LogP contribution is 2.23. The lowest BCUT2D eigenvalue weighted by molar-refractivity contribution is 0.0950. The third-order valence-corrected chi connectivity index (χ3v) is 3.96. The molecule has 0 saturated heterocycles. The third kappa shape index (κ3) is 5.39. The summed E-state index contributed by atoms with van der Waals surface area (Å²) < 4.78 is 35.4. The Hall–Kier alpha value is -2.74. The lowest BCUT2D eigenvalue weighted by Gasteiger charge is -2.12. The SMILES string of the molecule is COc1ccc(OC)c(CNC(=O)c2cccc(NS(C)(=O)=O)c2)c1. The van der Waals surface area contributed by atoms with E-state index in [4.69, 9.17) is 9.47 Å². The van der Waals surface area contributed by atoms with Crippen LogP contribution in [0.4, 0.5) is 5.69 Å². The monoisotopic (exact) mass is 364 g/mol. The van der Waals surface area contributed by atoms with Crippen molar-refractivity contribution in [3.8, 4) is 11.5 Å². The summed E-state index contributed by atoms with van der Waals surface area (Å²) >= 11 is 0. The first-order chi connectivity index (χ1) is 11.8. The molecular formula is C17H20N2O5S. The minimum absolute atomic E-state index is 0.239. The fourth-order valence-corrected chi connectivity index (χ4v) is 2.79. The lowest BCUT2D eigenvalue weighted by Crippen LogP contribution is -2.23. The van der Waals surface area contributed by atoms with E-state index in [-0.39, 0.29) is 12.5 Å². The van der Waals surface area contributed by atoms with Crippen LogP contribution in [0.5, 0.6) is 11.5 Å². The second-order valence-corrected chi connectivity index (χ2v) is 7.06. The molecule has 2 rings (SSSR count). The van der Waals surface area contributed by atoms with Gasteiger partial charge in [0.15, 0.2) is 0 Å². The molecular weight excluding hydrogens is 344 g/mol. The van der Waals surface area contributed by atoms with Crippen LogP contribution in [0.15, 0.2) is 42.5 Å². The van der Waals surface area contributed by atoms with E-state index < -0.39 is 10.0 Å². The molecule has 0 aliphatic carbocycles. The number of nitrogens with one attached hydrogen (secondary N) is 2. The Morgan fingerprint density at radius 2 is 1.84 bits per heavy atom. The zero-order chi connectivity index (χ0) is 18.4. The number of hydrogen-bond donors (Lipinski definition) is 2. The number of carbonyl (C=O) groups excluding carboxylic acids is 1. The van der Waals surface area contributed by atoms with Gasteiger partial charge in [0, 0.05) is 23.4 Å². The fraction of sp³-hybridized carbons (Fsp3) is 0.235. The summed E-state index contributed by atoms with van der Waals surface area (Å²) in [5.74, 6) is 0.958. The van der Waals surface area contributed by atoms with Crippen LogP contribution in [0.2, 0.25) is 0 Å². The van der Waals surface area contributed by atoms with Crippen LogP contribution in [-0.2, 0) is 16.6 Å². The van der Waals surface area contributed by atoms with Crippen LogP contribution in [0.25, 0.3) is 0 Å². The quantitative estimate of drug-likeness (QED) is 0.784. The maximum Gasteiger partial charge on any atom is 0.251 e. The number of carbonyl (C=O) groups is 1. The van der Waals surface area contributed by atoms with Crippen molar-refractivity contribution in [1.82, 2.24) is 5.32 Å². The van der Waals surface area contributed by atoms with E-state index in [1.165, 1.54) is 6.07 Å². The van der Waals surface area contributed by atoms with Gasteiger partial charge in [-0.15, -0.1) is 0 Å². The zero-order valence-electron chi connectivity index (χ0n) is 14.2. The average molecular weight is 364 g/mol. The Morgan fingerprint density at radius 1 is 1.08 bits per heavy atom. The van der Waals surface area contributed by atoms with E-state index in [1.54, 1.807) is 50.6 Å². The van der Waals surface area contributed by atoms with E-state index in [0.29, 0.717) is 22.7 Å². The normalized spacial score (nSPS) is 10.8. The first-order valence-electron chi connectivity index (χ1n) is 7.39. The number of rotatable bonds is 7. The highest BCUT2D eigenvalue weighted by Gasteiger charge is 2.10. The first-order valence-corrected chi connectivity index (χ1v) is 9.28. The van der Waals surface area contributed by atoms with Crippen molar-refractivity contribution >= 4 is 21.6 Å². The molecule has 0 aliphatic heterocycles. The maximum absolute atomic E-state index is 12.3. The van der Waals surface area contributed by atoms with E-state index in [2.05, 4.69) is 10.0 Å². The largest absolute Gasteiger partial charge is 0.497 e. The molecule has 0 atom stereocenters. The summed E-state index contributed by atoms with van der Waals surface area (Å²) in [5.41, 5.74) is 1.44. The summed E-state index contributed by atoms with van der Waals surface area (Å²) in [7, 11) is -0.295. The molecule has 2 aromatic rings. The Kier molecular flexibility index (Phi) is 5.87. The highest BCUT2D eigenvalue weighted by molar-refractivity contribution is 7.92. The van der Waals surface area contributed by atoms with Crippen molar-refractivity contribution in [2.45, 2.75) is 6.54 Å². The van der Waals surface area contributed by atoms with Crippen LogP contribution in [-0.4, -0.2) is 34.8 Å². The van der Waals surface area contributed by atoms with Crippen LogP contribution < -0.4 is 19.5 Å².